The fraction of sp³-hybridized carbons (Fsp3) is 0.267. The number of fused-ring (bicyclic) bond motifs is 1. The van der Waals surface area contributed by atoms with Crippen molar-refractivity contribution in [3.05, 3.63) is 42.1 Å². The summed E-state index contributed by atoms with van der Waals surface area (Å²) in [6.07, 6.45) is 0. The zero-order valence-electron chi connectivity index (χ0n) is 11.0. The van der Waals surface area contributed by atoms with Gasteiger partial charge in [0.15, 0.2) is 5.76 Å². The molecule has 19 heavy (non-hydrogen) atoms. The second-order valence-electron chi connectivity index (χ2n) is 4.87. The molecule has 3 aromatic rings. The summed E-state index contributed by atoms with van der Waals surface area (Å²) in [6.45, 7) is 4.98. The molecular formula is C15H16N2OS. The van der Waals surface area contributed by atoms with E-state index in [1.165, 1.54) is 10.1 Å². The molecule has 0 radical (unpaired) electrons. The summed E-state index contributed by atoms with van der Waals surface area (Å²) >= 11 is 1.73. The Morgan fingerprint density at radius 1 is 1.26 bits per heavy atom. The van der Waals surface area contributed by atoms with E-state index in [9.17, 15) is 0 Å². The molecule has 1 aromatic carbocycles. The second kappa shape index (κ2) is 5.15. The van der Waals surface area contributed by atoms with Crippen LogP contribution in [0.15, 0.2) is 40.9 Å². The van der Waals surface area contributed by atoms with E-state index in [1.54, 1.807) is 11.3 Å². The highest BCUT2D eigenvalue weighted by atomic mass is 32.1. The van der Waals surface area contributed by atoms with Gasteiger partial charge in [-0.15, -0.1) is 11.3 Å². The number of hydrogen-bond acceptors (Lipinski definition) is 4. The van der Waals surface area contributed by atoms with Crippen LogP contribution in [0, 0.1) is 0 Å². The van der Waals surface area contributed by atoms with Crippen molar-refractivity contribution in [1.29, 1.82) is 0 Å². The van der Waals surface area contributed by atoms with Crippen molar-refractivity contribution in [1.82, 2.24) is 10.5 Å². The van der Waals surface area contributed by atoms with Crippen molar-refractivity contribution >= 4 is 21.4 Å². The van der Waals surface area contributed by atoms with E-state index < -0.39 is 0 Å². The van der Waals surface area contributed by atoms with Crippen molar-refractivity contribution in [3.8, 4) is 10.6 Å². The lowest BCUT2D eigenvalue weighted by Crippen LogP contribution is -2.21. The number of thiophene rings is 1. The average molecular weight is 272 g/mol. The summed E-state index contributed by atoms with van der Waals surface area (Å²) in [7, 11) is 0. The standard InChI is InChI=1S/C15H16N2OS/c1-10(2)16-9-12-8-13(18-17-12)15-7-11-5-3-4-6-14(11)19-15/h3-8,10,16H,9H2,1-2H3. The van der Waals surface area contributed by atoms with Crippen LogP contribution in [0.4, 0.5) is 0 Å². The molecule has 0 aliphatic carbocycles. The predicted octanol–water partition coefficient (Wildman–Crippen LogP) is 4.05. The Bertz CT molecular complexity index is 651. The Kier molecular flexibility index (Phi) is 3.36. The highest BCUT2D eigenvalue weighted by Crippen LogP contribution is 2.33. The third-order valence-corrected chi connectivity index (χ3v) is 4.05. The van der Waals surface area contributed by atoms with Gasteiger partial charge in [0.25, 0.3) is 0 Å². The summed E-state index contributed by atoms with van der Waals surface area (Å²) in [6, 6.07) is 13.0. The lowest BCUT2D eigenvalue weighted by Gasteiger charge is -2.03. The maximum absolute atomic E-state index is 5.43. The summed E-state index contributed by atoms with van der Waals surface area (Å²) in [5, 5.41) is 8.69. The largest absolute Gasteiger partial charge is 0.355 e. The smallest absolute Gasteiger partial charge is 0.177 e. The molecule has 0 bridgehead atoms. The number of rotatable bonds is 4. The molecule has 0 atom stereocenters. The molecule has 3 nitrogen and oxygen atoms in total. The minimum absolute atomic E-state index is 0.449. The van der Waals surface area contributed by atoms with E-state index >= 15 is 0 Å². The summed E-state index contributed by atoms with van der Waals surface area (Å²) < 4.78 is 6.71. The van der Waals surface area contributed by atoms with Gasteiger partial charge in [0, 0.05) is 23.4 Å². The predicted molar refractivity (Wildman–Crippen MR) is 79.3 cm³/mol. The summed E-state index contributed by atoms with van der Waals surface area (Å²) in [5.74, 6) is 0.849. The van der Waals surface area contributed by atoms with E-state index in [4.69, 9.17) is 4.52 Å². The molecule has 98 valence electrons. The van der Waals surface area contributed by atoms with Crippen molar-refractivity contribution in [2.75, 3.05) is 0 Å². The number of nitrogens with zero attached hydrogens (tertiary/aromatic N) is 1. The molecule has 0 aliphatic heterocycles. The molecule has 0 saturated heterocycles. The van der Waals surface area contributed by atoms with Gasteiger partial charge in [-0.05, 0) is 17.5 Å². The zero-order chi connectivity index (χ0) is 13.2. The van der Waals surface area contributed by atoms with Gasteiger partial charge in [0.2, 0.25) is 0 Å². The Labute approximate surface area is 116 Å². The average Bonchev–Trinajstić information content (AvgIpc) is 3.02. The van der Waals surface area contributed by atoms with Gasteiger partial charge in [-0.3, -0.25) is 0 Å². The maximum Gasteiger partial charge on any atom is 0.177 e. The van der Waals surface area contributed by atoms with Crippen LogP contribution in [-0.4, -0.2) is 11.2 Å². The number of benzene rings is 1. The molecule has 0 unspecified atom stereocenters. The minimum atomic E-state index is 0.449. The van der Waals surface area contributed by atoms with E-state index in [-0.39, 0.29) is 0 Å². The number of aromatic nitrogens is 1. The molecule has 0 fully saturated rings. The zero-order valence-corrected chi connectivity index (χ0v) is 11.8. The molecular weight excluding hydrogens is 256 g/mol. The third kappa shape index (κ3) is 2.69. The molecule has 3 rings (SSSR count). The molecule has 0 aliphatic rings. The first-order valence-electron chi connectivity index (χ1n) is 6.40. The van der Waals surface area contributed by atoms with Crippen molar-refractivity contribution in [2.24, 2.45) is 0 Å². The van der Waals surface area contributed by atoms with E-state index in [0.29, 0.717) is 6.04 Å². The second-order valence-corrected chi connectivity index (χ2v) is 5.95. The highest BCUT2D eigenvalue weighted by Gasteiger charge is 2.10. The van der Waals surface area contributed by atoms with Gasteiger partial charge in [-0.2, -0.15) is 0 Å². The SMILES string of the molecule is CC(C)NCc1cc(-c2cc3ccccc3s2)on1. The van der Waals surface area contributed by atoms with Crippen LogP contribution >= 0.6 is 11.3 Å². The molecule has 4 heteroatoms. The first-order chi connectivity index (χ1) is 9.22. The van der Waals surface area contributed by atoms with Crippen LogP contribution in [0.3, 0.4) is 0 Å². The lowest BCUT2D eigenvalue weighted by atomic mass is 10.2. The molecule has 0 spiro atoms. The first kappa shape index (κ1) is 12.4. The highest BCUT2D eigenvalue weighted by molar-refractivity contribution is 7.22. The van der Waals surface area contributed by atoms with Gasteiger partial charge in [0.05, 0.1) is 10.6 Å². The van der Waals surface area contributed by atoms with Gasteiger partial charge in [-0.25, -0.2) is 0 Å². The van der Waals surface area contributed by atoms with Crippen LogP contribution in [0.25, 0.3) is 20.7 Å². The fourth-order valence-corrected chi connectivity index (χ4v) is 2.93. The molecule has 2 heterocycles. The third-order valence-electron chi connectivity index (χ3n) is 2.92. The Hall–Kier alpha value is -1.65. The fourth-order valence-electron chi connectivity index (χ4n) is 1.92. The van der Waals surface area contributed by atoms with Crippen molar-refractivity contribution < 1.29 is 4.52 Å². The van der Waals surface area contributed by atoms with Crippen molar-refractivity contribution in [2.45, 2.75) is 26.4 Å². The van der Waals surface area contributed by atoms with Crippen molar-refractivity contribution in [3.63, 3.8) is 0 Å². The monoisotopic (exact) mass is 272 g/mol. The molecule has 0 amide bonds. The van der Waals surface area contributed by atoms with Gasteiger partial charge < -0.3 is 9.84 Å². The quantitative estimate of drug-likeness (QED) is 0.778. The molecule has 2 aromatic heterocycles. The summed E-state index contributed by atoms with van der Waals surface area (Å²) in [4.78, 5) is 1.13. The minimum Gasteiger partial charge on any atom is -0.355 e. The van der Waals surface area contributed by atoms with Crippen LogP contribution in [-0.2, 0) is 6.54 Å². The normalized spacial score (nSPS) is 11.5. The molecule has 1 N–H and O–H groups in total. The van der Waals surface area contributed by atoms with Crippen LogP contribution in [0.2, 0.25) is 0 Å². The Morgan fingerprint density at radius 3 is 2.89 bits per heavy atom. The van der Waals surface area contributed by atoms with E-state index in [2.05, 4.69) is 54.7 Å². The van der Waals surface area contributed by atoms with Crippen LogP contribution < -0.4 is 5.32 Å². The first-order valence-corrected chi connectivity index (χ1v) is 7.22. The van der Waals surface area contributed by atoms with Crippen LogP contribution in [0.5, 0.6) is 0 Å². The maximum atomic E-state index is 5.43. The molecule has 0 saturated carbocycles. The number of nitrogens with one attached hydrogen (secondary N) is 1. The summed E-state index contributed by atoms with van der Waals surface area (Å²) in [5.41, 5.74) is 0.946. The van der Waals surface area contributed by atoms with Gasteiger partial charge in [-0.1, -0.05) is 37.2 Å². The van der Waals surface area contributed by atoms with Gasteiger partial charge >= 0.3 is 0 Å². The Morgan fingerprint density at radius 2 is 2.11 bits per heavy atom. The van der Waals surface area contributed by atoms with Crippen LogP contribution in [0.1, 0.15) is 19.5 Å². The van der Waals surface area contributed by atoms with Gasteiger partial charge in [0.1, 0.15) is 0 Å². The van der Waals surface area contributed by atoms with E-state index in [1.807, 2.05) is 6.07 Å². The Balaban J connectivity index is 1.85. The lowest BCUT2D eigenvalue weighted by molar-refractivity contribution is 0.418. The number of hydrogen-bond donors (Lipinski definition) is 1. The van der Waals surface area contributed by atoms with E-state index in [0.717, 1.165) is 22.9 Å². The topological polar surface area (TPSA) is 38.1 Å².